The number of aromatic carboxylic acids is 1. The lowest BCUT2D eigenvalue weighted by Crippen LogP contribution is -2.07. The van der Waals surface area contributed by atoms with Gasteiger partial charge in [-0.1, -0.05) is 6.07 Å². The van der Waals surface area contributed by atoms with Gasteiger partial charge in [0, 0.05) is 6.20 Å². The highest BCUT2D eigenvalue weighted by molar-refractivity contribution is 5.84. The Morgan fingerprint density at radius 2 is 2.11 bits per heavy atom. The standard InChI is InChI=1S/C13H14N2O3/c1-9-3-4-11(7-10(9)2)18-8-15-6-5-12(14-15)13(16)17/h3-7H,8H2,1-2H3,(H,16,17). The maximum atomic E-state index is 10.7. The van der Waals surface area contributed by atoms with E-state index in [2.05, 4.69) is 5.10 Å². The van der Waals surface area contributed by atoms with Crippen molar-refractivity contribution in [1.82, 2.24) is 9.78 Å². The lowest BCUT2D eigenvalue weighted by molar-refractivity contribution is 0.0688. The van der Waals surface area contributed by atoms with Gasteiger partial charge in [0.1, 0.15) is 5.75 Å². The van der Waals surface area contributed by atoms with Crippen LogP contribution in [0.2, 0.25) is 0 Å². The van der Waals surface area contributed by atoms with E-state index in [-0.39, 0.29) is 12.4 Å². The molecule has 0 amide bonds. The summed E-state index contributed by atoms with van der Waals surface area (Å²) in [6.07, 6.45) is 1.57. The minimum absolute atomic E-state index is 0.0127. The second kappa shape index (κ2) is 4.91. The molecule has 2 rings (SSSR count). The molecule has 1 aromatic carbocycles. The van der Waals surface area contributed by atoms with E-state index in [9.17, 15) is 4.79 Å². The number of benzene rings is 1. The van der Waals surface area contributed by atoms with Crippen molar-refractivity contribution in [3.8, 4) is 5.75 Å². The molecule has 1 aromatic heterocycles. The molecule has 0 radical (unpaired) electrons. The predicted molar refractivity (Wildman–Crippen MR) is 65.7 cm³/mol. The van der Waals surface area contributed by atoms with Gasteiger partial charge in [-0.05, 0) is 43.2 Å². The molecule has 0 aliphatic rings. The first-order chi connectivity index (χ1) is 8.56. The molecule has 0 saturated heterocycles. The number of ether oxygens (including phenoxy) is 1. The van der Waals surface area contributed by atoms with Crippen molar-refractivity contribution in [3.63, 3.8) is 0 Å². The SMILES string of the molecule is Cc1ccc(OCn2ccc(C(=O)O)n2)cc1C. The number of hydrogen-bond acceptors (Lipinski definition) is 3. The van der Waals surface area contributed by atoms with Gasteiger partial charge in [0.25, 0.3) is 0 Å². The fourth-order valence-electron chi connectivity index (χ4n) is 1.49. The molecule has 0 saturated carbocycles. The number of aromatic nitrogens is 2. The Morgan fingerprint density at radius 3 is 2.72 bits per heavy atom. The van der Waals surface area contributed by atoms with E-state index in [0.29, 0.717) is 0 Å². The Hall–Kier alpha value is -2.30. The van der Waals surface area contributed by atoms with E-state index >= 15 is 0 Å². The fourth-order valence-corrected chi connectivity index (χ4v) is 1.49. The first-order valence-electron chi connectivity index (χ1n) is 5.53. The van der Waals surface area contributed by atoms with Crippen LogP contribution in [0.4, 0.5) is 0 Å². The summed E-state index contributed by atoms with van der Waals surface area (Å²) >= 11 is 0. The second-order valence-electron chi connectivity index (χ2n) is 4.07. The molecule has 5 heteroatoms. The number of aryl methyl sites for hydroxylation is 2. The Balaban J connectivity index is 2.02. The van der Waals surface area contributed by atoms with Gasteiger partial charge in [-0.2, -0.15) is 5.10 Å². The van der Waals surface area contributed by atoms with Crippen LogP contribution in [0.3, 0.4) is 0 Å². The summed E-state index contributed by atoms with van der Waals surface area (Å²) < 4.78 is 6.97. The Bertz CT molecular complexity index is 575. The molecule has 94 valence electrons. The van der Waals surface area contributed by atoms with Crippen molar-refractivity contribution in [1.29, 1.82) is 0 Å². The van der Waals surface area contributed by atoms with E-state index in [0.717, 1.165) is 11.3 Å². The smallest absolute Gasteiger partial charge is 0.356 e. The van der Waals surface area contributed by atoms with Crippen LogP contribution in [0.1, 0.15) is 21.6 Å². The largest absolute Gasteiger partial charge is 0.476 e. The van der Waals surface area contributed by atoms with Crippen molar-refractivity contribution in [3.05, 3.63) is 47.3 Å². The molecule has 1 heterocycles. The summed E-state index contributed by atoms with van der Waals surface area (Å²) in [4.78, 5) is 10.7. The van der Waals surface area contributed by atoms with Crippen molar-refractivity contribution >= 4 is 5.97 Å². The van der Waals surface area contributed by atoms with Gasteiger partial charge < -0.3 is 9.84 Å². The van der Waals surface area contributed by atoms with Crippen LogP contribution in [-0.2, 0) is 6.73 Å². The Morgan fingerprint density at radius 1 is 1.33 bits per heavy atom. The van der Waals surface area contributed by atoms with E-state index in [1.54, 1.807) is 6.20 Å². The van der Waals surface area contributed by atoms with Gasteiger partial charge in [-0.25, -0.2) is 9.48 Å². The maximum absolute atomic E-state index is 10.7. The van der Waals surface area contributed by atoms with E-state index in [1.807, 2.05) is 32.0 Å². The molecule has 0 spiro atoms. The van der Waals surface area contributed by atoms with Crippen LogP contribution in [0, 0.1) is 13.8 Å². The molecule has 2 aromatic rings. The predicted octanol–water partition coefficient (Wildman–Crippen LogP) is 2.23. The van der Waals surface area contributed by atoms with Gasteiger partial charge in [0.15, 0.2) is 12.4 Å². The summed E-state index contributed by atoms with van der Waals surface area (Å²) in [5, 5.41) is 12.6. The van der Waals surface area contributed by atoms with Crippen molar-refractivity contribution in [2.45, 2.75) is 20.6 Å². The topological polar surface area (TPSA) is 64.3 Å². The van der Waals surface area contributed by atoms with Gasteiger partial charge in [-0.3, -0.25) is 0 Å². The van der Waals surface area contributed by atoms with Gasteiger partial charge in [0.05, 0.1) is 0 Å². The van der Waals surface area contributed by atoms with Crippen LogP contribution in [-0.4, -0.2) is 20.9 Å². The number of carboxylic acids is 1. The number of carboxylic acid groups (broad SMARTS) is 1. The number of carbonyl (C=O) groups is 1. The third-order valence-electron chi connectivity index (χ3n) is 2.70. The summed E-state index contributed by atoms with van der Waals surface area (Å²) in [5.74, 6) is -0.301. The summed E-state index contributed by atoms with van der Waals surface area (Å²) in [6.45, 7) is 4.24. The van der Waals surface area contributed by atoms with Crippen molar-refractivity contribution in [2.24, 2.45) is 0 Å². The number of nitrogens with zero attached hydrogens (tertiary/aromatic N) is 2. The molecular formula is C13H14N2O3. The molecule has 5 nitrogen and oxygen atoms in total. The average Bonchev–Trinajstić information content (AvgIpc) is 2.79. The van der Waals surface area contributed by atoms with Crippen LogP contribution < -0.4 is 4.74 Å². The molecule has 0 aliphatic carbocycles. The molecule has 0 unspecified atom stereocenters. The van der Waals surface area contributed by atoms with Crippen LogP contribution >= 0.6 is 0 Å². The summed E-state index contributed by atoms with van der Waals surface area (Å²) in [7, 11) is 0. The molecule has 0 aliphatic heterocycles. The summed E-state index contributed by atoms with van der Waals surface area (Å²) in [6, 6.07) is 7.24. The van der Waals surface area contributed by atoms with Crippen LogP contribution in [0.25, 0.3) is 0 Å². The van der Waals surface area contributed by atoms with Crippen LogP contribution in [0.5, 0.6) is 5.75 Å². The molecule has 18 heavy (non-hydrogen) atoms. The third kappa shape index (κ3) is 2.68. The minimum Gasteiger partial charge on any atom is -0.476 e. The molecule has 0 fully saturated rings. The van der Waals surface area contributed by atoms with Crippen molar-refractivity contribution < 1.29 is 14.6 Å². The van der Waals surface area contributed by atoms with Crippen molar-refractivity contribution in [2.75, 3.05) is 0 Å². The Labute approximate surface area is 105 Å². The van der Waals surface area contributed by atoms with Gasteiger partial charge in [0.2, 0.25) is 0 Å². The third-order valence-corrected chi connectivity index (χ3v) is 2.70. The normalized spacial score (nSPS) is 10.3. The van der Waals surface area contributed by atoms with E-state index in [4.69, 9.17) is 9.84 Å². The fraction of sp³-hybridized carbons (Fsp3) is 0.231. The monoisotopic (exact) mass is 246 g/mol. The highest BCUT2D eigenvalue weighted by Crippen LogP contribution is 2.16. The molecule has 0 bridgehead atoms. The zero-order valence-corrected chi connectivity index (χ0v) is 10.3. The summed E-state index contributed by atoms with van der Waals surface area (Å²) in [5.41, 5.74) is 2.37. The first kappa shape index (κ1) is 12.2. The second-order valence-corrected chi connectivity index (χ2v) is 4.07. The van der Waals surface area contributed by atoms with Gasteiger partial charge in [-0.15, -0.1) is 0 Å². The Kier molecular flexibility index (Phi) is 3.32. The maximum Gasteiger partial charge on any atom is 0.356 e. The highest BCUT2D eigenvalue weighted by atomic mass is 16.5. The quantitative estimate of drug-likeness (QED) is 0.898. The van der Waals surface area contributed by atoms with E-state index < -0.39 is 5.97 Å². The molecule has 1 N–H and O–H groups in total. The van der Waals surface area contributed by atoms with E-state index in [1.165, 1.54) is 16.3 Å². The number of rotatable bonds is 4. The lowest BCUT2D eigenvalue weighted by atomic mass is 10.1. The molecular weight excluding hydrogens is 232 g/mol. The zero-order valence-electron chi connectivity index (χ0n) is 10.3. The average molecular weight is 246 g/mol. The number of hydrogen-bond donors (Lipinski definition) is 1. The van der Waals surface area contributed by atoms with Gasteiger partial charge >= 0.3 is 5.97 Å². The van der Waals surface area contributed by atoms with Crippen LogP contribution in [0.15, 0.2) is 30.5 Å². The first-order valence-corrected chi connectivity index (χ1v) is 5.53. The zero-order chi connectivity index (χ0) is 13.1. The lowest BCUT2D eigenvalue weighted by Gasteiger charge is -2.08. The molecule has 0 atom stereocenters. The highest BCUT2D eigenvalue weighted by Gasteiger charge is 2.06. The minimum atomic E-state index is -1.04.